The molecule has 86 valence electrons. The van der Waals surface area contributed by atoms with Gasteiger partial charge in [0.15, 0.2) is 0 Å². The van der Waals surface area contributed by atoms with Gasteiger partial charge in [0.1, 0.15) is 5.82 Å². The van der Waals surface area contributed by atoms with Crippen LogP contribution in [0.4, 0.5) is 10.8 Å². The van der Waals surface area contributed by atoms with Crippen molar-refractivity contribution in [2.75, 3.05) is 5.43 Å². The minimum atomic E-state index is -0.422. The molecule has 0 spiro atoms. The Bertz CT molecular complexity index is 538. The van der Waals surface area contributed by atoms with Crippen LogP contribution in [0.15, 0.2) is 40.9 Å². The van der Waals surface area contributed by atoms with Crippen LogP contribution in [-0.4, -0.2) is 16.1 Å². The molecule has 2 aromatic rings. The molecule has 2 heterocycles. The second kappa shape index (κ2) is 5.17. The van der Waals surface area contributed by atoms with Crippen LogP contribution in [0.5, 0.6) is 0 Å². The van der Waals surface area contributed by atoms with Crippen molar-refractivity contribution in [2.45, 2.75) is 0 Å². The van der Waals surface area contributed by atoms with E-state index >= 15 is 0 Å². The highest BCUT2D eigenvalue weighted by Gasteiger charge is 2.07. The van der Waals surface area contributed by atoms with Crippen LogP contribution in [0.25, 0.3) is 0 Å². The lowest BCUT2D eigenvalue weighted by molar-refractivity contribution is -0.380. The van der Waals surface area contributed by atoms with Gasteiger partial charge in [0.2, 0.25) is 0 Å². The fourth-order valence-electron chi connectivity index (χ4n) is 1.10. The van der Waals surface area contributed by atoms with E-state index in [0.717, 1.165) is 11.3 Å². The van der Waals surface area contributed by atoms with Crippen LogP contribution in [0.1, 0.15) is 5.56 Å². The Kier molecular flexibility index (Phi) is 3.41. The summed E-state index contributed by atoms with van der Waals surface area (Å²) >= 11 is 1.07. The van der Waals surface area contributed by atoms with Crippen molar-refractivity contribution in [1.29, 1.82) is 0 Å². The number of nitrogens with one attached hydrogen (secondary N) is 1. The maximum absolute atomic E-state index is 10.5. The lowest BCUT2D eigenvalue weighted by atomic mass is 10.4. The summed E-state index contributed by atoms with van der Waals surface area (Å²) in [7, 11) is 0. The quantitative estimate of drug-likeness (QED) is 0.512. The van der Waals surface area contributed by atoms with Gasteiger partial charge in [0.25, 0.3) is 0 Å². The molecule has 0 unspecified atom stereocenters. The molecule has 0 aliphatic rings. The Morgan fingerprint density at radius 3 is 3.06 bits per heavy atom. The minimum absolute atomic E-state index is 0.101. The molecule has 0 saturated heterocycles. The first-order chi connectivity index (χ1) is 8.25. The van der Waals surface area contributed by atoms with E-state index in [4.69, 9.17) is 0 Å². The fourth-order valence-corrected chi connectivity index (χ4v) is 1.78. The van der Waals surface area contributed by atoms with Crippen molar-refractivity contribution < 1.29 is 4.92 Å². The summed E-state index contributed by atoms with van der Waals surface area (Å²) in [4.78, 5) is 14.0. The highest BCUT2D eigenvalue weighted by atomic mass is 32.1. The predicted molar refractivity (Wildman–Crippen MR) is 66.4 cm³/mol. The highest BCUT2D eigenvalue weighted by Crippen LogP contribution is 2.21. The maximum atomic E-state index is 10.5. The third-order valence-electron chi connectivity index (χ3n) is 1.84. The number of hydrogen-bond donors (Lipinski definition) is 1. The SMILES string of the molecule is O=[N+]([O-])c1cc(/C=N/Nc2ccccn2)cs1. The molecular weight excluding hydrogens is 240 g/mol. The van der Waals surface area contributed by atoms with Crippen molar-refractivity contribution in [3.05, 3.63) is 51.5 Å². The van der Waals surface area contributed by atoms with Crippen molar-refractivity contribution in [1.82, 2.24) is 4.98 Å². The van der Waals surface area contributed by atoms with Gasteiger partial charge in [-0.2, -0.15) is 5.10 Å². The van der Waals surface area contributed by atoms with Crippen LogP contribution in [0, 0.1) is 10.1 Å². The number of hydrazone groups is 1. The lowest BCUT2D eigenvalue weighted by Crippen LogP contribution is -1.91. The number of anilines is 1. The van der Waals surface area contributed by atoms with E-state index in [1.54, 1.807) is 23.7 Å². The molecule has 0 aliphatic carbocycles. The van der Waals surface area contributed by atoms with Crippen molar-refractivity contribution >= 4 is 28.4 Å². The Balaban J connectivity index is 1.98. The van der Waals surface area contributed by atoms with Crippen LogP contribution in [0.2, 0.25) is 0 Å². The number of pyridine rings is 1. The summed E-state index contributed by atoms with van der Waals surface area (Å²) in [6.07, 6.45) is 3.16. The Morgan fingerprint density at radius 1 is 1.53 bits per heavy atom. The van der Waals surface area contributed by atoms with Gasteiger partial charge in [-0.1, -0.05) is 17.4 Å². The van der Waals surface area contributed by atoms with E-state index < -0.39 is 4.92 Å². The van der Waals surface area contributed by atoms with Gasteiger partial charge in [-0.25, -0.2) is 4.98 Å². The van der Waals surface area contributed by atoms with E-state index in [0.29, 0.717) is 11.4 Å². The summed E-state index contributed by atoms with van der Waals surface area (Å²) in [5, 5.41) is 16.2. The van der Waals surface area contributed by atoms with E-state index in [2.05, 4.69) is 15.5 Å². The van der Waals surface area contributed by atoms with Gasteiger partial charge in [0, 0.05) is 23.2 Å². The summed E-state index contributed by atoms with van der Waals surface area (Å²) in [5.41, 5.74) is 3.41. The number of thiophene rings is 1. The molecule has 0 saturated carbocycles. The van der Waals surface area contributed by atoms with Gasteiger partial charge in [-0.3, -0.25) is 15.5 Å². The molecule has 0 aromatic carbocycles. The molecule has 0 fully saturated rings. The smallest absolute Gasteiger partial charge is 0.261 e. The number of aromatic nitrogens is 1. The Hall–Kier alpha value is -2.28. The topological polar surface area (TPSA) is 80.4 Å². The molecule has 0 atom stereocenters. The molecule has 0 bridgehead atoms. The third kappa shape index (κ3) is 3.08. The number of hydrogen-bond acceptors (Lipinski definition) is 6. The maximum Gasteiger partial charge on any atom is 0.324 e. The third-order valence-corrected chi connectivity index (χ3v) is 2.74. The molecule has 17 heavy (non-hydrogen) atoms. The molecule has 0 radical (unpaired) electrons. The fraction of sp³-hybridized carbons (Fsp3) is 0. The highest BCUT2D eigenvalue weighted by molar-refractivity contribution is 7.13. The number of nitro groups is 1. The van der Waals surface area contributed by atoms with Crippen LogP contribution >= 0.6 is 11.3 Å². The lowest BCUT2D eigenvalue weighted by Gasteiger charge is -1.95. The average Bonchev–Trinajstić information content (AvgIpc) is 2.79. The number of nitrogens with zero attached hydrogens (tertiary/aromatic N) is 3. The summed E-state index contributed by atoms with van der Waals surface area (Å²) in [5.74, 6) is 0.619. The van der Waals surface area contributed by atoms with Gasteiger partial charge in [0.05, 0.1) is 11.1 Å². The zero-order chi connectivity index (χ0) is 12.1. The number of rotatable bonds is 4. The molecule has 6 nitrogen and oxygen atoms in total. The molecule has 0 amide bonds. The summed E-state index contributed by atoms with van der Waals surface area (Å²) < 4.78 is 0. The van der Waals surface area contributed by atoms with Crippen molar-refractivity contribution in [2.24, 2.45) is 5.10 Å². The summed E-state index contributed by atoms with van der Waals surface area (Å²) in [6.45, 7) is 0. The zero-order valence-corrected chi connectivity index (χ0v) is 9.42. The predicted octanol–water partition coefficient (Wildman–Crippen LogP) is 2.50. The molecule has 1 N–H and O–H groups in total. The van der Waals surface area contributed by atoms with Crippen LogP contribution < -0.4 is 5.43 Å². The normalized spacial score (nSPS) is 10.6. The molecule has 2 aromatic heterocycles. The second-order valence-corrected chi connectivity index (χ2v) is 3.95. The van der Waals surface area contributed by atoms with E-state index in [9.17, 15) is 10.1 Å². The standard InChI is InChI=1S/C10H8N4O2S/c15-14(16)10-5-8(7-17-10)6-12-13-9-3-1-2-4-11-9/h1-7H,(H,11,13)/b12-6+. The molecular formula is C10H8N4O2S. The van der Waals surface area contributed by atoms with E-state index in [-0.39, 0.29) is 5.00 Å². The second-order valence-electron chi connectivity index (χ2n) is 3.06. The first kappa shape index (κ1) is 11.2. The van der Waals surface area contributed by atoms with Gasteiger partial charge < -0.3 is 0 Å². The minimum Gasteiger partial charge on any atom is -0.261 e. The average molecular weight is 248 g/mol. The Labute approximate surface area is 101 Å². The van der Waals surface area contributed by atoms with Gasteiger partial charge >= 0.3 is 5.00 Å². The van der Waals surface area contributed by atoms with Crippen LogP contribution in [0.3, 0.4) is 0 Å². The molecule has 2 rings (SSSR count). The Morgan fingerprint density at radius 2 is 2.41 bits per heavy atom. The van der Waals surface area contributed by atoms with E-state index in [1.807, 2.05) is 6.07 Å². The monoisotopic (exact) mass is 248 g/mol. The van der Waals surface area contributed by atoms with Gasteiger partial charge in [-0.05, 0) is 12.1 Å². The van der Waals surface area contributed by atoms with E-state index in [1.165, 1.54) is 12.3 Å². The van der Waals surface area contributed by atoms with Crippen molar-refractivity contribution in [3.63, 3.8) is 0 Å². The van der Waals surface area contributed by atoms with Gasteiger partial charge in [-0.15, -0.1) is 0 Å². The largest absolute Gasteiger partial charge is 0.324 e. The molecule has 0 aliphatic heterocycles. The summed E-state index contributed by atoms with van der Waals surface area (Å²) in [6, 6.07) is 6.87. The first-order valence-electron chi connectivity index (χ1n) is 4.69. The van der Waals surface area contributed by atoms with Crippen LogP contribution in [-0.2, 0) is 0 Å². The zero-order valence-electron chi connectivity index (χ0n) is 8.61. The first-order valence-corrected chi connectivity index (χ1v) is 5.57. The van der Waals surface area contributed by atoms with Crippen molar-refractivity contribution in [3.8, 4) is 0 Å². The molecule has 7 heteroatoms.